The number of carbonyl (C=O) groups excluding carboxylic acids is 3. The maximum atomic E-state index is 13.3. The predicted octanol–water partition coefficient (Wildman–Crippen LogP) is 3.76. The summed E-state index contributed by atoms with van der Waals surface area (Å²) in [6.45, 7) is 0. The molecule has 3 aromatic carbocycles. The number of aromatic hydroxyl groups is 1. The van der Waals surface area contributed by atoms with E-state index in [-0.39, 0.29) is 40.1 Å². The maximum absolute atomic E-state index is 13.3. The molecule has 8 nitrogen and oxygen atoms in total. The molecule has 0 heterocycles. The molecule has 0 aromatic heterocycles. The Morgan fingerprint density at radius 1 is 0.844 bits per heavy atom. The van der Waals surface area contributed by atoms with Crippen LogP contribution < -0.4 is 10.1 Å². The number of hydrogen-bond acceptors (Lipinski definition) is 6. The lowest BCUT2D eigenvalue weighted by Gasteiger charge is -2.23. The highest BCUT2D eigenvalue weighted by atomic mass is 16.5. The summed E-state index contributed by atoms with van der Waals surface area (Å²) in [6, 6.07) is 15.8. The van der Waals surface area contributed by atoms with E-state index < -0.39 is 35.6 Å². The van der Waals surface area contributed by atoms with Gasteiger partial charge in [0.15, 0.2) is 17.3 Å². The number of benzene rings is 3. The topological polar surface area (TPSA) is 130 Å². The largest absolute Gasteiger partial charge is 0.507 e. The quantitative estimate of drug-likeness (QED) is 0.396. The molecule has 8 heteroatoms. The molecular formula is C24H17NO7. The predicted molar refractivity (Wildman–Crippen MR) is 113 cm³/mol. The van der Waals surface area contributed by atoms with Crippen LogP contribution in [0.15, 0.2) is 60.7 Å². The summed E-state index contributed by atoms with van der Waals surface area (Å²) >= 11 is 0. The van der Waals surface area contributed by atoms with Crippen molar-refractivity contribution in [1.29, 1.82) is 0 Å². The number of carbonyl (C=O) groups is 4. The Bertz CT molecular complexity index is 1260. The molecule has 0 saturated carbocycles. The molecule has 3 aromatic rings. The number of rotatable bonds is 6. The fraction of sp³-hybridized carbons (Fsp3) is 0.0833. The van der Waals surface area contributed by atoms with Gasteiger partial charge in [0.25, 0.3) is 0 Å². The van der Waals surface area contributed by atoms with Crippen LogP contribution in [-0.4, -0.2) is 33.7 Å². The monoisotopic (exact) mass is 431 g/mol. The molecule has 3 N–H and O–H groups in total. The second kappa shape index (κ2) is 8.35. The minimum absolute atomic E-state index is 0.0587. The fourth-order valence-electron chi connectivity index (χ4n) is 3.49. The molecule has 1 aliphatic carbocycles. The summed E-state index contributed by atoms with van der Waals surface area (Å²) < 4.78 is 5.80. The number of carboxylic acids is 1. The Balaban J connectivity index is 1.87. The molecule has 0 saturated heterocycles. The molecule has 0 fully saturated rings. The van der Waals surface area contributed by atoms with Gasteiger partial charge in [-0.2, -0.15) is 0 Å². The molecule has 1 aliphatic rings. The van der Waals surface area contributed by atoms with Crippen LogP contribution in [0.3, 0.4) is 0 Å². The second-order valence-electron chi connectivity index (χ2n) is 7.08. The van der Waals surface area contributed by atoms with Crippen molar-refractivity contribution in [2.75, 3.05) is 5.32 Å². The van der Waals surface area contributed by atoms with Gasteiger partial charge in [-0.05, 0) is 12.1 Å². The molecule has 0 radical (unpaired) electrons. The molecule has 0 bridgehead atoms. The van der Waals surface area contributed by atoms with E-state index in [9.17, 15) is 24.3 Å². The first-order valence-corrected chi connectivity index (χ1v) is 9.69. The minimum atomic E-state index is -1.16. The Labute approximate surface area is 182 Å². The number of ketones is 2. The Morgan fingerprint density at radius 2 is 1.44 bits per heavy atom. The van der Waals surface area contributed by atoms with E-state index >= 15 is 0 Å². The van der Waals surface area contributed by atoms with Crippen molar-refractivity contribution in [2.24, 2.45) is 0 Å². The van der Waals surface area contributed by atoms with Crippen molar-refractivity contribution in [3.8, 4) is 17.2 Å². The number of ether oxygens (including phenoxy) is 1. The zero-order valence-corrected chi connectivity index (χ0v) is 16.6. The van der Waals surface area contributed by atoms with Crippen molar-refractivity contribution in [2.45, 2.75) is 12.8 Å². The van der Waals surface area contributed by atoms with Crippen LogP contribution in [0.4, 0.5) is 5.69 Å². The highest BCUT2D eigenvalue weighted by Gasteiger charge is 2.36. The van der Waals surface area contributed by atoms with Gasteiger partial charge in [0.2, 0.25) is 5.91 Å². The Morgan fingerprint density at radius 3 is 2.06 bits per heavy atom. The number of carboxylic acid groups (broad SMARTS) is 1. The van der Waals surface area contributed by atoms with Gasteiger partial charge in [-0.25, -0.2) is 0 Å². The van der Waals surface area contributed by atoms with Crippen LogP contribution in [0.2, 0.25) is 0 Å². The number of hydrogen-bond donors (Lipinski definition) is 3. The molecule has 0 atom stereocenters. The molecule has 4 rings (SSSR count). The SMILES string of the molecule is O=C(O)CCC(=O)Nc1c(Oc2ccccc2)cc(O)c2c1C(=O)c1ccccc1C2=O. The standard InChI is InChI=1S/C24H17NO7/c26-16-12-17(32-13-6-2-1-3-7-13)22(25-18(27)10-11-19(28)29)21-20(16)23(30)14-8-4-5-9-15(14)24(21)31/h1-9,12,26H,10-11H2,(H,25,27)(H,28,29). The third-order valence-corrected chi connectivity index (χ3v) is 4.94. The molecule has 1 amide bonds. The first-order chi connectivity index (χ1) is 15.4. The van der Waals surface area contributed by atoms with Gasteiger partial charge >= 0.3 is 5.97 Å². The van der Waals surface area contributed by atoms with Gasteiger partial charge in [-0.3, -0.25) is 19.2 Å². The van der Waals surface area contributed by atoms with Gasteiger partial charge in [0.1, 0.15) is 11.5 Å². The summed E-state index contributed by atoms with van der Waals surface area (Å²) in [5.74, 6) is -3.15. The van der Waals surface area contributed by atoms with Gasteiger partial charge in [0.05, 0.1) is 23.2 Å². The van der Waals surface area contributed by atoms with Gasteiger partial charge in [-0.1, -0.05) is 42.5 Å². The highest BCUT2D eigenvalue weighted by molar-refractivity contribution is 6.32. The number of anilines is 1. The Hall–Kier alpha value is -4.46. The second-order valence-corrected chi connectivity index (χ2v) is 7.08. The van der Waals surface area contributed by atoms with Crippen molar-refractivity contribution in [3.05, 3.63) is 82.9 Å². The third-order valence-electron chi connectivity index (χ3n) is 4.94. The third kappa shape index (κ3) is 3.81. The molecule has 160 valence electrons. The molecule has 0 spiro atoms. The van der Waals surface area contributed by atoms with Gasteiger partial charge in [0, 0.05) is 23.6 Å². The first kappa shape index (κ1) is 20.8. The van der Waals surface area contributed by atoms with E-state index in [1.807, 2.05) is 0 Å². The zero-order valence-electron chi connectivity index (χ0n) is 16.6. The summed E-state index contributed by atoms with van der Waals surface area (Å²) in [5.41, 5.74) is -0.293. The zero-order chi connectivity index (χ0) is 22.8. The number of phenols is 1. The number of nitrogens with one attached hydrogen (secondary N) is 1. The molecular weight excluding hydrogens is 414 g/mol. The van der Waals surface area contributed by atoms with Crippen LogP contribution in [0.5, 0.6) is 17.2 Å². The average Bonchev–Trinajstić information content (AvgIpc) is 2.78. The molecule has 0 aliphatic heterocycles. The lowest BCUT2D eigenvalue weighted by molar-refractivity contribution is -0.138. The van der Waals surface area contributed by atoms with Crippen molar-refractivity contribution >= 4 is 29.1 Å². The molecule has 32 heavy (non-hydrogen) atoms. The summed E-state index contributed by atoms with van der Waals surface area (Å²) in [6.07, 6.45) is -0.773. The highest BCUT2D eigenvalue weighted by Crippen LogP contribution is 2.44. The summed E-state index contributed by atoms with van der Waals surface area (Å²) in [4.78, 5) is 49.6. The van der Waals surface area contributed by atoms with E-state index in [4.69, 9.17) is 9.84 Å². The first-order valence-electron chi connectivity index (χ1n) is 9.69. The number of phenolic OH excluding ortho intramolecular Hbond substituents is 1. The lowest BCUT2D eigenvalue weighted by Crippen LogP contribution is -2.24. The average molecular weight is 431 g/mol. The van der Waals surface area contributed by atoms with E-state index in [2.05, 4.69) is 5.32 Å². The van der Waals surface area contributed by atoms with E-state index in [1.54, 1.807) is 42.5 Å². The normalized spacial score (nSPS) is 12.0. The number of fused-ring (bicyclic) bond motifs is 2. The maximum Gasteiger partial charge on any atom is 0.303 e. The van der Waals surface area contributed by atoms with Gasteiger partial charge < -0.3 is 20.3 Å². The van der Waals surface area contributed by atoms with E-state index in [1.165, 1.54) is 12.1 Å². The summed E-state index contributed by atoms with van der Waals surface area (Å²) in [7, 11) is 0. The summed E-state index contributed by atoms with van der Waals surface area (Å²) in [5, 5.41) is 22.0. The van der Waals surface area contributed by atoms with E-state index in [0.717, 1.165) is 6.07 Å². The smallest absolute Gasteiger partial charge is 0.303 e. The van der Waals surface area contributed by atoms with Crippen LogP contribution in [-0.2, 0) is 9.59 Å². The molecule has 0 unspecified atom stereocenters. The van der Waals surface area contributed by atoms with Crippen LogP contribution in [0, 0.1) is 0 Å². The minimum Gasteiger partial charge on any atom is -0.507 e. The van der Waals surface area contributed by atoms with Crippen LogP contribution in [0.25, 0.3) is 0 Å². The van der Waals surface area contributed by atoms with Crippen molar-refractivity contribution in [3.63, 3.8) is 0 Å². The van der Waals surface area contributed by atoms with Gasteiger partial charge in [-0.15, -0.1) is 0 Å². The Kier molecular flexibility index (Phi) is 5.43. The van der Waals surface area contributed by atoms with Crippen LogP contribution in [0.1, 0.15) is 44.7 Å². The number of aliphatic carboxylic acids is 1. The fourth-order valence-corrected chi connectivity index (χ4v) is 3.49. The van der Waals surface area contributed by atoms with Crippen LogP contribution >= 0.6 is 0 Å². The lowest BCUT2D eigenvalue weighted by atomic mass is 9.82. The number of para-hydroxylation sites is 1. The van der Waals surface area contributed by atoms with Crippen molar-refractivity contribution in [1.82, 2.24) is 0 Å². The van der Waals surface area contributed by atoms with Crippen molar-refractivity contribution < 1.29 is 34.1 Å². The number of amides is 1. The van der Waals surface area contributed by atoms with E-state index in [0.29, 0.717) is 5.75 Å².